The van der Waals surface area contributed by atoms with Gasteiger partial charge in [-0.3, -0.25) is 14.4 Å². The zero-order valence-electron chi connectivity index (χ0n) is 14.3. The van der Waals surface area contributed by atoms with Gasteiger partial charge in [-0.15, -0.1) is 0 Å². The Morgan fingerprint density at radius 1 is 1.08 bits per heavy atom. The second-order valence-electron chi connectivity index (χ2n) is 5.39. The van der Waals surface area contributed by atoms with Crippen molar-refractivity contribution in [2.45, 2.75) is 64.8 Å². The first-order chi connectivity index (χ1) is 11.2. The van der Waals surface area contributed by atoms with E-state index in [1.807, 2.05) is 6.92 Å². The molecule has 138 valence electrons. The molecule has 1 N–H and O–H groups in total. The molecular formula is C15H24O9. The van der Waals surface area contributed by atoms with Crippen molar-refractivity contribution in [3.05, 3.63) is 0 Å². The fourth-order valence-electron chi connectivity index (χ4n) is 2.19. The molecule has 4 atom stereocenters. The third-order valence-corrected chi connectivity index (χ3v) is 3.26. The van der Waals surface area contributed by atoms with Crippen molar-refractivity contribution in [3.63, 3.8) is 0 Å². The quantitative estimate of drug-likeness (QED) is 0.285. The minimum absolute atomic E-state index is 0.150. The smallest absolute Gasteiger partial charge is 0.305 e. The van der Waals surface area contributed by atoms with E-state index in [2.05, 4.69) is 0 Å². The molecule has 24 heavy (non-hydrogen) atoms. The topological polar surface area (TPSA) is 118 Å². The van der Waals surface area contributed by atoms with Crippen LogP contribution in [0.4, 0.5) is 0 Å². The first-order valence-electron chi connectivity index (χ1n) is 7.70. The second-order valence-corrected chi connectivity index (χ2v) is 5.39. The highest BCUT2D eigenvalue weighted by molar-refractivity contribution is 5.67. The maximum absolute atomic E-state index is 11.4. The number of carbonyl (C=O) groups is 3. The van der Waals surface area contributed by atoms with Gasteiger partial charge >= 0.3 is 17.9 Å². The van der Waals surface area contributed by atoms with E-state index in [1.54, 1.807) is 0 Å². The minimum Gasteiger partial charge on any atom is -0.463 e. The Balaban J connectivity index is 3.03. The van der Waals surface area contributed by atoms with Gasteiger partial charge in [0.15, 0.2) is 6.10 Å². The molecule has 9 heteroatoms. The van der Waals surface area contributed by atoms with Crippen LogP contribution in [0.5, 0.6) is 0 Å². The Hall–Kier alpha value is -1.71. The number of esters is 3. The van der Waals surface area contributed by atoms with Crippen LogP contribution in [0, 0.1) is 0 Å². The molecule has 1 aliphatic rings. The normalized spacial score (nSPS) is 29.1. The molecule has 0 saturated carbocycles. The Morgan fingerprint density at radius 2 is 1.71 bits per heavy atom. The van der Waals surface area contributed by atoms with E-state index in [-0.39, 0.29) is 13.2 Å². The average molecular weight is 348 g/mol. The van der Waals surface area contributed by atoms with Crippen molar-refractivity contribution < 1.29 is 43.2 Å². The zero-order chi connectivity index (χ0) is 18.3. The summed E-state index contributed by atoms with van der Waals surface area (Å²) < 4.78 is 25.7. The molecule has 1 rings (SSSR count). The molecule has 1 saturated heterocycles. The molecule has 0 aliphatic carbocycles. The zero-order valence-corrected chi connectivity index (χ0v) is 14.3. The van der Waals surface area contributed by atoms with Crippen molar-refractivity contribution in [2.24, 2.45) is 0 Å². The third kappa shape index (κ3) is 5.43. The summed E-state index contributed by atoms with van der Waals surface area (Å²) in [5.74, 6) is -4.11. The molecule has 1 aliphatic heterocycles. The lowest BCUT2D eigenvalue weighted by Gasteiger charge is -2.32. The standard InChI is InChI=1S/C15H24O9/c1-5-6-7-21-15(19)12(8-20-9(2)16)24-14(23-11(4)18)13(15)22-10(3)17/h12-14,19H,5-8H2,1-4H3/t12-,13+,14?,15-/m1/s1. The van der Waals surface area contributed by atoms with E-state index in [1.165, 1.54) is 6.92 Å². The summed E-state index contributed by atoms with van der Waals surface area (Å²) in [6.07, 6.45) is -2.54. The van der Waals surface area contributed by atoms with Crippen LogP contribution in [0.3, 0.4) is 0 Å². The van der Waals surface area contributed by atoms with E-state index in [0.29, 0.717) is 6.42 Å². The van der Waals surface area contributed by atoms with Gasteiger partial charge in [0.1, 0.15) is 6.61 Å². The third-order valence-electron chi connectivity index (χ3n) is 3.26. The van der Waals surface area contributed by atoms with Gasteiger partial charge in [0.2, 0.25) is 18.2 Å². The summed E-state index contributed by atoms with van der Waals surface area (Å²) in [4.78, 5) is 33.6. The molecule has 0 aromatic heterocycles. The highest BCUT2D eigenvalue weighted by Gasteiger charge is 2.61. The van der Waals surface area contributed by atoms with Crippen LogP contribution < -0.4 is 0 Å². The molecule has 9 nitrogen and oxygen atoms in total. The number of ether oxygens (including phenoxy) is 5. The predicted molar refractivity (Wildman–Crippen MR) is 78.4 cm³/mol. The molecule has 1 heterocycles. The molecule has 1 unspecified atom stereocenters. The summed E-state index contributed by atoms with van der Waals surface area (Å²) in [6.45, 7) is 5.20. The van der Waals surface area contributed by atoms with Crippen LogP contribution in [-0.2, 0) is 38.1 Å². The summed E-state index contributed by atoms with van der Waals surface area (Å²) in [5.41, 5.74) is 0. The van der Waals surface area contributed by atoms with Gasteiger partial charge in [-0.1, -0.05) is 13.3 Å². The first-order valence-corrected chi connectivity index (χ1v) is 7.70. The molecule has 0 amide bonds. The van der Waals surface area contributed by atoms with E-state index >= 15 is 0 Å². The number of carbonyl (C=O) groups excluding carboxylic acids is 3. The van der Waals surface area contributed by atoms with Crippen LogP contribution in [0.1, 0.15) is 40.5 Å². The van der Waals surface area contributed by atoms with Gasteiger partial charge in [0, 0.05) is 20.8 Å². The SMILES string of the molecule is CCCCO[C@]1(O)[C@@H](COC(C)=O)OC(OC(C)=O)[C@@H]1OC(C)=O. The minimum atomic E-state index is -2.11. The molecule has 0 aromatic rings. The first kappa shape index (κ1) is 20.3. The van der Waals surface area contributed by atoms with Crippen molar-refractivity contribution in [3.8, 4) is 0 Å². The van der Waals surface area contributed by atoms with E-state index in [4.69, 9.17) is 23.7 Å². The number of hydrogen-bond acceptors (Lipinski definition) is 9. The predicted octanol–water partition coefficient (Wildman–Crippen LogP) is 0.274. The molecule has 0 aromatic carbocycles. The Bertz CT molecular complexity index is 464. The summed E-state index contributed by atoms with van der Waals surface area (Å²) in [7, 11) is 0. The van der Waals surface area contributed by atoms with Gasteiger partial charge in [-0.25, -0.2) is 0 Å². The van der Waals surface area contributed by atoms with Crippen LogP contribution in [0.2, 0.25) is 0 Å². The van der Waals surface area contributed by atoms with Gasteiger partial charge in [0.05, 0.1) is 6.61 Å². The molecular weight excluding hydrogens is 324 g/mol. The van der Waals surface area contributed by atoms with Gasteiger partial charge in [0.25, 0.3) is 0 Å². The highest BCUT2D eigenvalue weighted by Crippen LogP contribution is 2.36. The van der Waals surface area contributed by atoms with Crippen molar-refractivity contribution in [1.29, 1.82) is 0 Å². The lowest BCUT2D eigenvalue weighted by Crippen LogP contribution is -2.54. The maximum atomic E-state index is 11.4. The highest BCUT2D eigenvalue weighted by atomic mass is 16.8. The van der Waals surface area contributed by atoms with Crippen LogP contribution >= 0.6 is 0 Å². The van der Waals surface area contributed by atoms with Crippen LogP contribution in [0.15, 0.2) is 0 Å². The number of unbranched alkanes of at least 4 members (excludes halogenated alkanes) is 1. The van der Waals surface area contributed by atoms with Gasteiger partial charge in [-0.05, 0) is 6.42 Å². The number of aliphatic hydroxyl groups is 1. The maximum Gasteiger partial charge on any atom is 0.305 e. The average Bonchev–Trinajstić information content (AvgIpc) is 2.70. The largest absolute Gasteiger partial charge is 0.463 e. The van der Waals surface area contributed by atoms with Crippen molar-refractivity contribution >= 4 is 17.9 Å². The van der Waals surface area contributed by atoms with Crippen LogP contribution in [-0.4, -0.2) is 60.5 Å². The Kier molecular flexibility index (Phi) is 7.59. The van der Waals surface area contributed by atoms with E-state index in [9.17, 15) is 19.5 Å². The molecule has 0 bridgehead atoms. The van der Waals surface area contributed by atoms with Gasteiger partial charge in [-0.2, -0.15) is 0 Å². The summed E-state index contributed by atoms with van der Waals surface area (Å²) in [6, 6.07) is 0. The molecule has 1 fully saturated rings. The lowest BCUT2D eigenvalue weighted by atomic mass is 10.1. The summed E-state index contributed by atoms with van der Waals surface area (Å²) >= 11 is 0. The summed E-state index contributed by atoms with van der Waals surface area (Å²) in [5, 5.41) is 10.9. The number of rotatable bonds is 8. The molecule has 0 spiro atoms. The number of hydrogen-bond donors (Lipinski definition) is 1. The second kappa shape index (κ2) is 8.95. The van der Waals surface area contributed by atoms with Crippen LogP contribution in [0.25, 0.3) is 0 Å². The van der Waals surface area contributed by atoms with Crippen molar-refractivity contribution in [2.75, 3.05) is 13.2 Å². The lowest BCUT2D eigenvalue weighted by molar-refractivity contribution is -0.272. The molecule has 0 radical (unpaired) electrons. The fourth-order valence-corrected chi connectivity index (χ4v) is 2.19. The van der Waals surface area contributed by atoms with E-state index in [0.717, 1.165) is 20.3 Å². The Morgan fingerprint density at radius 3 is 2.21 bits per heavy atom. The Labute approximate surface area is 140 Å². The monoisotopic (exact) mass is 348 g/mol. The van der Waals surface area contributed by atoms with Crippen molar-refractivity contribution in [1.82, 2.24) is 0 Å². The fraction of sp³-hybridized carbons (Fsp3) is 0.800. The van der Waals surface area contributed by atoms with E-state index < -0.39 is 42.2 Å². The van der Waals surface area contributed by atoms with Gasteiger partial charge < -0.3 is 28.8 Å².